The lowest BCUT2D eigenvalue weighted by atomic mass is 9.95. The van der Waals surface area contributed by atoms with Crippen molar-refractivity contribution in [2.24, 2.45) is 11.8 Å². The first-order chi connectivity index (χ1) is 27.1. The molecular weight excluding hydrogens is 734 g/mol. The number of rotatable bonds is 9. The number of carbonyl (C=O) groups is 5. The lowest BCUT2D eigenvalue weighted by Crippen LogP contribution is -2.54. The molecule has 3 aromatic rings. The Kier molecular flexibility index (Phi) is 10.7. The molecule has 4 heterocycles. The number of amides is 5. The van der Waals surface area contributed by atoms with Crippen molar-refractivity contribution in [3.8, 4) is 11.8 Å². The molecule has 5 amide bonds. The molecule has 1 unspecified atom stereocenters. The van der Waals surface area contributed by atoms with Crippen LogP contribution < -0.4 is 25.2 Å². The first-order valence-electron chi connectivity index (χ1n) is 19.5. The fourth-order valence-electron chi connectivity index (χ4n) is 8.72. The highest BCUT2D eigenvalue weighted by Crippen LogP contribution is 2.34. The Morgan fingerprint density at radius 3 is 2.25 bits per heavy atom. The van der Waals surface area contributed by atoms with Crippen molar-refractivity contribution < 1.29 is 28.7 Å². The number of halogens is 1. The molecule has 56 heavy (non-hydrogen) atoms. The van der Waals surface area contributed by atoms with E-state index < -0.39 is 29.7 Å². The Bertz CT molecular complexity index is 2090. The second kappa shape index (κ2) is 16.0. The smallest absolute Gasteiger partial charge is 0.262 e. The molecule has 0 aromatic heterocycles. The summed E-state index contributed by atoms with van der Waals surface area (Å²) >= 11 is 6.15. The van der Waals surface area contributed by atoms with Gasteiger partial charge in [0, 0.05) is 81.3 Å². The van der Waals surface area contributed by atoms with E-state index in [4.69, 9.17) is 21.6 Å². The molecule has 0 spiro atoms. The van der Waals surface area contributed by atoms with Crippen LogP contribution in [-0.4, -0.2) is 97.3 Å². The number of piperidine rings is 2. The van der Waals surface area contributed by atoms with Gasteiger partial charge in [0.2, 0.25) is 17.7 Å². The quantitative estimate of drug-likeness (QED) is 0.289. The number of anilines is 3. The summed E-state index contributed by atoms with van der Waals surface area (Å²) in [4.78, 5) is 71.7. The standard InChI is InChI=1S/C42H44ClN7O6/c43-36-23-33(9-2-28(36)24-44)56-32-8-1-27(21-32)39(52)45-29-3-5-30(6-4-29)48-15-13-26(14-16-48)25-47-17-19-49(20-18-47)31-7-10-34-35(22-31)42(55)50(41(34)54)37-11-12-38(51)46-40(37)53/h2-7,9-10,22-23,26-27,32,37H,1,8,11-21,25H2,(H,45,52)(H,46,51,53)/t27-,32-,37?/m1/s1. The third-order valence-electron chi connectivity index (χ3n) is 11.9. The summed E-state index contributed by atoms with van der Waals surface area (Å²) in [6.45, 7) is 6.41. The number of piperazine rings is 1. The number of nitrogens with zero attached hydrogens (tertiary/aromatic N) is 5. The van der Waals surface area contributed by atoms with E-state index >= 15 is 0 Å². The summed E-state index contributed by atoms with van der Waals surface area (Å²) in [5.41, 5.74) is 3.83. The van der Waals surface area contributed by atoms with Crippen molar-refractivity contribution in [2.75, 3.05) is 60.9 Å². The second-order valence-corrected chi connectivity index (χ2v) is 15.8. The molecule has 290 valence electrons. The summed E-state index contributed by atoms with van der Waals surface area (Å²) in [5, 5.41) is 14.8. The molecule has 2 N–H and O–H groups in total. The van der Waals surface area contributed by atoms with Crippen molar-refractivity contribution in [1.29, 1.82) is 5.26 Å². The van der Waals surface area contributed by atoms with Crippen LogP contribution in [-0.2, 0) is 14.4 Å². The Morgan fingerprint density at radius 1 is 0.821 bits per heavy atom. The van der Waals surface area contributed by atoms with Crippen LogP contribution in [0.3, 0.4) is 0 Å². The van der Waals surface area contributed by atoms with Gasteiger partial charge < -0.3 is 19.9 Å². The zero-order valence-electron chi connectivity index (χ0n) is 31.0. The van der Waals surface area contributed by atoms with Crippen LogP contribution in [0.2, 0.25) is 5.02 Å². The van der Waals surface area contributed by atoms with Gasteiger partial charge in [-0.3, -0.25) is 39.1 Å². The average Bonchev–Trinajstić information content (AvgIpc) is 3.77. The maximum absolute atomic E-state index is 13.3. The fraction of sp³-hybridized carbons (Fsp3) is 0.429. The number of hydrogen-bond acceptors (Lipinski definition) is 10. The molecule has 0 radical (unpaired) electrons. The maximum atomic E-state index is 13.3. The molecule has 14 heteroatoms. The van der Waals surface area contributed by atoms with Gasteiger partial charge in [-0.05, 0) is 99.0 Å². The predicted molar refractivity (Wildman–Crippen MR) is 210 cm³/mol. The number of benzene rings is 3. The van der Waals surface area contributed by atoms with Gasteiger partial charge in [-0.25, -0.2) is 0 Å². The number of ether oxygens (including phenoxy) is 1. The summed E-state index contributed by atoms with van der Waals surface area (Å²) in [7, 11) is 0. The molecule has 0 bridgehead atoms. The Labute approximate surface area is 330 Å². The van der Waals surface area contributed by atoms with Gasteiger partial charge in [0.05, 0.1) is 27.8 Å². The third-order valence-corrected chi connectivity index (χ3v) is 12.2. The molecule has 3 aromatic carbocycles. The average molecular weight is 778 g/mol. The molecule has 3 atom stereocenters. The van der Waals surface area contributed by atoms with Crippen LogP contribution in [0.15, 0.2) is 60.7 Å². The zero-order valence-corrected chi connectivity index (χ0v) is 31.8. The van der Waals surface area contributed by atoms with Crippen LogP contribution >= 0.6 is 11.6 Å². The summed E-state index contributed by atoms with van der Waals surface area (Å²) in [6.07, 6.45) is 4.50. The molecule has 1 aliphatic carbocycles. The molecule has 3 saturated heterocycles. The van der Waals surface area contributed by atoms with Crippen molar-refractivity contribution >= 4 is 58.2 Å². The van der Waals surface area contributed by atoms with Gasteiger partial charge in [-0.2, -0.15) is 5.26 Å². The van der Waals surface area contributed by atoms with Gasteiger partial charge in [-0.1, -0.05) is 11.6 Å². The zero-order chi connectivity index (χ0) is 38.9. The van der Waals surface area contributed by atoms with Crippen molar-refractivity contribution in [1.82, 2.24) is 15.1 Å². The highest BCUT2D eigenvalue weighted by Gasteiger charge is 2.45. The second-order valence-electron chi connectivity index (χ2n) is 15.4. The van der Waals surface area contributed by atoms with E-state index in [1.54, 1.807) is 30.3 Å². The highest BCUT2D eigenvalue weighted by molar-refractivity contribution is 6.31. The monoisotopic (exact) mass is 777 g/mol. The molecule has 4 aliphatic heterocycles. The van der Waals surface area contributed by atoms with Crippen LogP contribution in [0, 0.1) is 23.2 Å². The number of fused-ring (bicyclic) bond motifs is 1. The normalized spacial score (nSPS) is 23.2. The maximum Gasteiger partial charge on any atom is 0.262 e. The lowest BCUT2D eigenvalue weighted by molar-refractivity contribution is -0.136. The number of nitrogens with one attached hydrogen (secondary N) is 2. The number of carbonyl (C=O) groups excluding carboxylic acids is 5. The fourth-order valence-corrected chi connectivity index (χ4v) is 8.93. The topological polar surface area (TPSA) is 155 Å². The first kappa shape index (κ1) is 37.5. The SMILES string of the molecule is N#Cc1ccc(O[C@@H]2CC[C@@H](C(=O)Nc3ccc(N4CCC(CN5CCN(c6ccc7c(c6)C(=O)N(C6CCC(=O)NC6=O)C7=O)CC5)CC4)cc3)C2)cc1Cl. The number of hydrogen-bond donors (Lipinski definition) is 2. The number of nitriles is 1. The van der Waals surface area contributed by atoms with Crippen LogP contribution in [0.1, 0.15) is 71.2 Å². The minimum Gasteiger partial charge on any atom is -0.490 e. The first-order valence-corrected chi connectivity index (χ1v) is 19.9. The van der Waals surface area contributed by atoms with Crippen molar-refractivity contribution in [3.05, 3.63) is 82.4 Å². The largest absolute Gasteiger partial charge is 0.490 e. The molecular formula is C42H44ClN7O6. The molecule has 8 rings (SSSR count). The highest BCUT2D eigenvalue weighted by atomic mass is 35.5. The minimum atomic E-state index is -0.971. The lowest BCUT2D eigenvalue weighted by Gasteiger charge is -2.40. The van der Waals surface area contributed by atoms with E-state index in [1.807, 2.05) is 24.3 Å². The molecule has 5 aliphatic rings. The molecule has 1 saturated carbocycles. The van der Waals surface area contributed by atoms with E-state index in [2.05, 4.69) is 37.5 Å². The van der Waals surface area contributed by atoms with Crippen molar-refractivity contribution in [2.45, 2.75) is 57.1 Å². The molecule has 13 nitrogen and oxygen atoms in total. The Hall–Kier alpha value is -5.45. The number of imide groups is 2. The third kappa shape index (κ3) is 7.81. The van der Waals surface area contributed by atoms with Gasteiger partial charge >= 0.3 is 0 Å². The van der Waals surface area contributed by atoms with E-state index in [1.165, 1.54) is 0 Å². The predicted octanol–water partition coefficient (Wildman–Crippen LogP) is 4.84. The van der Waals surface area contributed by atoms with E-state index in [0.29, 0.717) is 39.8 Å². The minimum absolute atomic E-state index is 0.000553. The van der Waals surface area contributed by atoms with Crippen molar-refractivity contribution in [3.63, 3.8) is 0 Å². The van der Waals surface area contributed by atoms with Gasteiger partial charge in [0.15, 0.2) is 0 Å². The molecule has 4 fully saturated rings. The van der Waals surface area contributed by atoms with E-state index in [9.17, 15) is 24.0 Å². The van der Waals surface area contributed by atoms with Gasteiger partial charge in [-0.15, -0.1) is 0 Å². The summed E-state index contributed by atoms with van der Waals surface area (Å²) in [5.74, 6) is -0.891. The van der Waals surface area contributed by atoms with E-state index in [0.717, 1.165) is 93.5 Å². The van der Waals surface area contributed by atoms with E-state index in [-0.39, 0.29) is 30.8 Å². The van der Waals surface area contributed by atoms with Crippen LogP contribution in [0.4, 0.5) is 17.1 Å². The van der Waals surface area contributed by atoms with Crippen LogP contribution in [0.5, 0.6) is 5.75 Å². The summed E-state index contributed by atoms with van der Waals surface area (Å²) in [6, 6.07) is 19.6. The van der Waals surface area contributed by atoms with Gasteiger partial charge in [0.1, 0.15) is 17.9 Å². The Morgan fingerprint density at radius 2 is 1.54 bits per heavy atom. The van der Waals surface area contributed by atoms with Gasteiger partial charge in [0.25, 0.3) is 11.8 Å². The van der Waals surface area contributed by atoms with Crippen LogP contribution in [0.25, 0.3) is 0 Å². The summed E-state index contributed by atoms with van der Waals surface area (Å²) < 4.78 is 6.06. The Balaban J connectivity index is 0.762.